The van der Waals surface area contributed by atoms with Crippen LogP contribution in [0.2, 0.25) is 0 Å². The maximum absolute atomic E-state index is 12.0. The molecule has 0 atom stereocenters. The number of hydrogen-bond acceptors (Lipinski definition) is 1. The summed E-state index contributed by atoms with van der Waals surface area (Å²) in [4.78, 5) is 12.0. The van der Waals surface area contributed by atoms with E-state index in [1.165, 1.54) is 0 Å². The van der Waals surface area contributed by atoms with Gasteiger partial charge in [0.05, 0.1) is 5.70 Å². The van der Waals surface area contributed by atoms with Crippen LogP contribution in [0.4, 0.5) is 0 Å². The minimum Gasteiger partial charge on any atom is -0.285 e. The highest BCUT2D eigenvalue weighted by Crippen LogP contribution is 2.07. The van der Waals surface area contributed by atoms with Crippen molar-refractivity contribution in [3.05, 3.63) is 52.5 Å². The summed E-state index contributed by atoms with van der Waals surface area (Å²) in [5, 5.41) is 0. The van der Waals surface area contributed by atoms with Gasteiger partial charge in [-0.2, -0.15) is 0 Å². The molecule has 1 aromatic rings. The molecular weight excluding hydrogens is 212 g/mol. The Morgan fingerprint density at radius 3 is 2.47 bits per heavy atom. The van der Waals surface area contributed by atoms with E-state index in [1.54, 1.807) is 4.68 Å². The highest BCUT2D eigenvalue weighted by Gasteiger charge is 2.10. The van der Waals surface area contributed by atoms with E-state index < -0.39 is 0 Å². The van der Waals surface area contributed by atoms with Crippen molar-refractivity contribution in [3.63, 3.8) is 0 Å². The smallest absolute Gasteiger partial charge is 0.274 e. The van der Waals surface area contributed by atoms with Crippen LogP contribution in [0.3, 0.4) is 0 Å². The first kappa shape index (κ1) is 13.3. The molecule has 1 aromatic heterocycles. The van der Waals surface area contributed by atoms with Crippen LogP contribution < -0.4 is 5.56 Å². The maximum Gasteiger partial charge on any atom is 0.274 e. The number of rotatable bonds is 4. The summed E-state index contributed by atoms with van der Waals surface area (Å²) in [6.07, 6.45) is 8.74. The van der Waals surface area contributed by atoms with Crippen molar-refractivity contribution in [2.75, 3.05) is 0 Å². The third-order valence-electron chi connectivity index (χ3n) is 2.88. The van der Waals surface area contributed by atoms with E-state index in [1.807, 2.05) is 49.9 Å². The van der Waals surface area contributed by atoms with Gasteiger partial charge in [-0.25, -0.2) is 4.68 Å². The van der Waals surface area contributed by atoms with Crippen LogP contribution in [-0.2, 0) is 7.05 Å². The number of hydrogen-bond donors (Lipinski definition) is 0. The van der Waals surface area contributed by atoms with Crippen molar-refractivity contribution in [2.24, 2.45) is 7.05 Å². The lowest BCUT2D eigenvalue weighted by molar-refractivity contribution is 0.644. The predicted octanol–water partition coefficient (Wildman–Crippen LogP) is 2.80. The molecule has 0 aliphatic rings. The molecule has 1 rings (SSSR count). The molecule has 92 valence electrons. The summed E-state index contributed by atoms with van der Waals surface area (Å²) in [5.74, 6) is 0. The molecule has 17 heavy (non-hydrogen) atoms. The lowest BCUT2D eigenvalue weighted by Gasteiger charge is -2.07. The van der Waals surface area contributed by atoms with Crippen LogP contribution in [0.1, 0.15) is 24.6 Å². The van der Waals surface area contributed by atoms with Crippen LogP contribution in [0.15, 0.2) is 35.7 Å². The summed E-state index contributed by atoms with van der Waals surface area (Å²) in [6, 6.07) is 0. The minimum atomic E-state index is -0.000814. The van der Waals surface area contributed by atoms with Crippen LogP contribution in [0.5, 0.6) is 0 Å². The Labute approximate surface area is 102 Å². The molecule has 0 radical (unpaired) electrons. The molecule has 0 saturated heterocycles. The first-order chi connectivity index (χ1) is 8.00. The Kier molecular flexibility index (Phi) is 4.32. The fraction of sp³-hybridized carbons (Fsp3) is 0.357. The zero-order valence-electron chi connectivity index (χ0n) is 11.0. The van der Waals surface area contributed by atoms with E-state index in [4.69, 9.17) is 0 Å². The quantitative estimate of drug-likeness (QED) is 0.733. The molecule has 1 heterocycles. The van der Waals surface area contributed by atoms with Gasteiger partial charge in [-0.15, -0.1) is 0 Å². The Balaban J connectivity index is 3.06. The topological polar surface area (TPSA) is 26.9 Å². The Morgan fingerprint density at radius 1 is 1.35 bits per heavy atom. The van der Waals surface area contributed by atoms with Gasteiger partial charge in [-0.3, -0.25) is 9.48 Å². The van der Waals surface area contributed by atoms with Gasteiger partial charge in [0, 0.05) is 18.3 Å². The van der Waals surface area contributed by atoms with E-state index in [0.717, 1.165) is 17.7 Å². The Hall–Kier alpha value is -1.77. The standard InChI is InChI=1S/C14H20N2O/c1-6-7-8-9-10-11(2)16-14(17)12(3)13(4)15(16)5/h7-10H,2,6H2,1,3-5H3. The minimum absolute atomic E-state index is 0.000814. The molecule has 0 fully saturated rings. The van der Waals surface area contributed by atoms with E-state index in [-0.39, 0.29) is 5.56 Å². The van der Waals surface area contributed by atoms with Crippen molar-refractivity contribution in [1.29, 1.82) is 0 Å². The van der Waals surface area contributed by atoms with Crippen LogP contribution in [0.25, 0.3) is 5.70 Å². The molecule has 0 aliphatic heterocycles. The Bertz CT molecular complexity index is 527. The second-order valence-electron chi connectivity index (χ2n) is 4.04. The van der Waals surface area contributed by atoms with E-state index in [2.05, 4.69) is 13.5 Å². The van der Waals surface area contributed by atoms with Gasteiger partial charge in [-0.05, 0) is 26.3 Å². The second-order valence-corrected chi connectivity index (χ2v) is 4.04. The largest absolute Gasteiger partial charge is 0.285 e. The monoisotopic (exact) mass is 232 g/mol. The molecule has 0 N–H and O–H groups in total. The molecule has 0 bridgehead atoms. The van der Waals surface area contributed by atoms with Crippen LogP contribution in [-0.4, -0.2) is 9.36 Å². The average molecular weight is 232 g/mol. The van der Waals surface area contributed by atoms with Crippen molar-refractivity contribution in [1.82, 2.24) is 9.36 Å². The molecule has 0 amide bonds. The maximum atomic E-state index is 12.0. The molecule has 0 spiro atoms. The van der Waals surface area contributed by atoms with Gasteiger partial charge in [-0.1, -0.05) is 31.7 Å². The van der Waals surface area contributed by atoms with Gasteiger partial charge in [0.15, 0.2) is 0 Å². The predicted molar refractivity (Wildman–Crippen MR) is 73.0 cm³/mol. The molecule has 3 nitrogen and oxygen atoms in total. The molecule has 0 aliphatic carbocycles. The van der Waals surface area contributed by atoms with Gasteiger partial charge < -0.3 is 0 Å². The van der Waals surface area contributed by atoms with Gasteiger partial charge in [0.25, 0.3) is 5.56 Å². The highest BCUT2D eigenvalue weighted by atomic mass is 16.1. The lowest BCUT2D eigenvalue weighted by Crippen LogP contribution is -2.20. The van der Waals surface area contributed by atoms with Gasteiger partial charge in [0.2, 0.25) is 0 Å². The van der Waals surface area contributed by atoms with Crippen molar-refractivity contribution >= 4 is 5.70 Å². The molecule has 0 aromatic carbocycles. The molecule has 0 unspecified atom stereocenters. The molecular formula is C14H20N2O. The van der Waals surface area contributed by atoms with Crippen LogP contribution in [0, 0.1) is 13.8 Å². The zero-order valence-corrected chi connectivity index (χ0v) is 11.0. The first-order valence-corrected chi connectivity index (χ1v) is 5.78. The SMILES string of the molecule is C=C(C=CC=CCC)n1c(=O)c(C)c(C)n1C. The molecule has 0 saturated carbocycles. The molecule has 3 heteroatoms. The third-order valence-corrected chi connectivity index (χ3v) is 2.88. The van der Waals surface area contributed by atoms with Crippen molar-refractivity contribution in [3.8, 4) is 0 Å². The van der Waals surface area contributed by atoms with Gasteiger partial charge >= 0.3 is 0 Å². The average Bonchev–Trinajstić information content (AvgIpc) is 2.49. The zero-order chi connectivity index (χ0) is 13.0. The number of nitrogens with zero attached hydrogens (tertiary/aromatic N) is 2. The first-order valence-electron chi connectivity index (χ1n) is 5.78. The fourth-order valence-corrected chi connectivity index (χ4v) is 1.62. The number of aromatic nitrogens is 2. The Morgan fingerprint density at radius 2 is 2.00 bits per heavy atom. The van der Waals surface area contributed by atoms with Gasteiger partial charge in [0.1, 0.15) is 0 Å². The number of allylic oxidation sites excluding steroid dienone is 5. The van der Waals surface area contributed by atoms with E-state index in [0.29, 0.717) is 5.70 Å². The highest BCUT2D eigenvalue weighted by molar-refractivity contribution is 5.54. The summed E-state index contributed by atoms with van der Waals surface area (Å²) in [7, 11) is 1.87. The third kappa shape index (κ3) is 2.67. The summed E-state index contributed by atoms with van der Waals surface area (Å²) in [5.41, 5.74) is 2.41. The lowest BCUT2D eigenvalue weighted by atomic mass is 10.3. The van der Waals surface area contributed by atoms with Crippen LogP contribution >= 0.6 is 0 Å². The fourth-order valence-electron chi connectivity index (χ4n) is 1.62. The summed E-state index contributed by atoms with van der Waals surface area (Å²) < 4.78 is 3.41. The summed E-state index contributed by atoms with van der Waals surface area (Å²) >= 11 is 0. The van der Waals surface area contributed by atoms with Crippen molar-refractivity contribution in [2.45, 2.75) is 27.2 Å². The van der Waals surface area contributed by atoms with E-state index in [9.17, 15) is 4.79 Å². The normalized spacial score (nSPS) is 11.8. The van der Waals surface area contributed by atoms with Crippen molar-refractivity contribution < 1.29 is 0 Å². The van der Waals surface area contributed by atoms with E-state index >= 15 is 0 Å². The summed E-state index contributed by atoms with van der Waals surface area (Å²) in [6.45, 7) is 9.76. The second kappa shape index (κ2) is 5.53.